The highest BCUT2D eigenvalue weighted by molar-refractivity contribution is 7.20. The third-order valence-corrected chi connectivity index (χ3v) is 6.56. The number of aromatic nitrogens is 2. The highest BCUT2D eigenvalue weighted by Crippen LogP contribution is 2.25. The zero-order chi connectivity index (χ0) is 19.0. The van der Waals surface area contributed by atoms with Gasteiger partial charge in [-0.2, -0.15) is 4.99 Å². The van der Waals surface area contributed by atoms with Gasteiger partial charge in [-0.1, -0.05) is 50.3 Å². The van der Waals surface area contributed by atoms with Gasteiger partial charge in [-0.25, -0.2) is 4.98 Å². The molecule has 0 fully saturated rings. The van der Waals surface area contributed by atoms with E-state index < -0.39 is 0 Å². The molecule has 0 radical (unpaired) electrons. The third-order valence-electron chi connectivity index (χ3n) is 4.49. The van der Waals surface area contributed by atoms with Crippen molar-refractivity contribution in [2.45, 2.75) is 39.7 Å². The highest BCUT2D eigenvalue weighted by atomic mass is 32.1. The summed E-state index contributed by atoms with van der Waals surface area (Å²) in [6, 6.07) is 14.3. The summed E-state index contributed by atoms with van der Waals surface area (Å²) in [6.45, 7) is 7.36. The molecule has 138 valence electrons. The van der Waals surface area contributed by atoms with Crippen molar-refractivity contribution in [2.75, 3.05) is 0 Å². The first-order valence-corrected chi connectivity index (χ1v) is 10.8. The molecule has 4 rings (SSSR count). The minimum atomic E-state index is -0.267. The van der Waals surface area contributed by atoms with Gasteiger partial charge >= 0.3 is 5.91 Å². The second-order valence-corrected chi connectivity index (χ2v) is 8.86. The molecule has 4 nitrogen and oxygen atoms in total. The van der Waals surface area contributed by atoms with E-state index in [1.807, 2.05) is 24.3 Å². The number of aryl methyl sites for hydroxylation is 1. The molecule has 0 saturated heterocycles. The summed E-state index contributed by atoms with van der Waals surface area (Å²) in [5.41, 5.74) is 3.29. The summed E-state index contributed by atoms with van der Waals surface area (Å²) in [6.07, 6.45) is 0.986. The number of benzene rings is 2. The Morgan fingerprint density at radius 1 is 1.15 bits per heavy atom. The van der Waals surface area contributed by atoms with E-state index in [1.165, 1.54) is 21.6 Å². The maximum atomic E-state index is 12.8. The second kappa shape index (κ2) is 7.37. The largest absolute Gasteiger partial charge is 0.316 e. The third kappa shape index (κ3) is 3.47. The SMILES string of the molecule is CCCn1c(=NC(=O)c2nc3ccccc3s2)sc2cc(C(C)C)ccc21. The van der Waals surface area contributed by atoms with Gasteiger partial charge in [-0.15, -0.1) is 11.3 Å². The Labute approximate surface area is 165 Å². The van der Waals surface area contributed by atoms with Crippen LogP contribution >= 0.6 is 22.7 Å². The summed E-state index contributed by atoms with van der Waals surface area (Å²) < 4.78 is 4.33. The summed E-state index contributed by atoms with van der Waals surface area (Å²) in [7, 11) is 0. The standard InChI is InChI=1S/C21H21N3OS2/c1-4-11-24-16-10-9-14(13(2)3)12-18(16)27-21(24)23-19(25)20-22-15-7-5-6-8-17(15)26-20/h5-10,12-13H,4,11H2,1-3H3. The fraction of sp³-hybridized carbons (Fsp3) is 0.286. The predicted molar refractivity (Wildman–Crippen MR) is 114 cm³/mol. The molecule has 0 bridgehead atoms. The lowest BCUT2D eigenvalue weighted by molar-refractivity contribution is 0.0997. The van der Waals surface area contributed by atoms with Crippen molar-refractivity contribution >= 4 is 49.0 Å². The zero-order valence-electron chi connectivity index (χ0n) is 15.6. The smallest absolute Gasteiger partial charge is 0.308 e. The number of amides is 1. The number of fused-ring (bicyclic) bond motifs is 2. The van der Waals surface area contributed by atoms with E-state index in [0.717, 1.165) is 33.5 Å². The molecule has 0 aliphatic heterocycles. The quantitative estimate of drug-likeness (QED) is 0.452. The maximum Gasteiger partial charge on any atom is 0.308 e. The molecule has 2 aromatic carbocycles. The molecule has 0 saturated carbocycles. The van der Waals surface area contributed by atoms with E-state index in [0.29, 0.717) is 10.9 Å². The van der Waals surface area contributed by atoms with Crippen molar-refractivity contribution < 1.29 is 4.79 Å². The van der Waals surface area contributed by atoms with Crippen LogP contribution in [-0.2, 0) is 6.54 Å². The monoisotopic (exact) mass is 395 g/mol. The average molecular weight is 396 g/mol. The summed E-state index contributed by atoms with van der Waals surface area (Å²) in [5.74, 6) is 0.206. The lowest BCUT2D eigenvalue weighted by Crippen LogP contribution is -2.16. The summed E-state index contributed by atoms with van der Waals surface area (Å²) >= 11 is 2.98. The molecule has 6 heteroatoms. The molecule has 0 atom stereocenters. The molecule has 1 amide bonds. The number of carbonyl (C=O) groups excluding carboxylic acids is 1. The van der Waals surface area contributed by atoms with Crippen LogP contribution in [0.15, 0.2) is 47.5 Å². The maximum absolute atomic E-state index is 12.8. The van der Waals surface area contributed by atoms with Crippen molar-refractivity contribution in [3.63, 3.8) is 0 Å². The Kier molecular flexibility index (Phi) is 4.93. The number of hydrogen-bond acceptors (Lipinski definition) is 4. The minimum absolute atomic E-state index is 0.267. The van der Waals surface area contributed by atoms with Gasteiger partial charge in [0, 0.05) is 6.54 Å². The summed E-state index contributed by atoms with van der Waals surface area (Å²) in [4.78, 5) is 22.4. The van der Waals surface area contributed by atoms with Crippen LogP contribution in [0.3, 0.4) is 0 Å². The van der Waals surface area contributed by atoms with Gasteiger partial charge in [-0.05, 0) is 42.2 Å². The fourth-order valence-electron chi connectivity index (χ4n) is 3.07. The molecule has 0 aliphatic carbocycles. The molecule has 27 heavy (non-hydrogen) atoms. The van der Waals surface area contributed by atoms with Crippen LogP contribution in [0.2, 0.25) is 0 Å². The molecular weight excluding hydrogens is 374 g/mol. The van der Waals surface area contributed by atoms with Crippen molar-refractivity contribution in [1.29, 1.82) is 0 Å². The second-order valence-electron chi connectivity index (χ2n) is 6.82. The van der Waals surface area contributed by atoms with Crippen LogP contribution in [-0.4, -0.2) is 15.5 Å². The Morgan fingerprint density at radius 2 is 1.96 bits per heavy atom. The molecule has 2 aromatic heterocycles. The van der Waals surface area contributed by atoms with E-state index >= 15 is 0 Å². The number of rotatable bonds is 4. The number of carbonyl (C=O) groups is 1. The number of hydrogen-bond donors (Lipinski definition) is 0. The Hall–Kier alpha value is -2.31. The van der Waals surface area contributed by atoms with Gasteiger partial charge in [0.1, 0.15) is 0 Å². The van der Waals surface area contributed by atoms with Crippen molar-refractivity contribution in [3.8, 4) is 0 Å². The lowest BCUT2D eigenvalue weighted by atomic mass is 10.0. The Bertz CT molecular complexity index is 1160. The molecule has 2 heterocycles. The topological polar surface area (TPSA) is 47.2 Å². The minimum Gasteiger partial charge on any atom is -0.316 e. The van der Waals surface area contributed by atoms with Gasteiger partial charge in [0.15, 0.2) is 9.81 Å². The van der Waals surface area contributed by atoms with E-state index in [9.17, 15) is 4.79 Å². The normalized spacial score (nSPS) is 12.5. The number of para-hydroxylation sites is 1. The zero-order valence-corrected chi connectivity index (χ0v) is 17.2. The highest BCUT2D eigenvalue weighted by Gasteiger charge is 2.13. The van der Waals surface area contributed by atoms with E-state index in [-0.39, 0.29) is 5.91 Å². The fourth-order valence-corrected chi connectivity index (χ4v) is 5.03. The van der Waals surface area contributed by atoms with E-state index in [1.54, 1.807) is 11.3 Å². The predicted octanol–water partition coefficient (Wildman–Crippen LogP) is 5.59. The van der Waals surface area contributed by atoms with Crippen LogP contribution in [0.25, 0.3) is 20.4 Å². The first kappa shape index (κ1) is 18.1. The van der Waals surface area contributed by atoms with Gasteiger partial charge in [0.05, 0.1) is 20.4 Å². The van der Waals surface area contributed by atoms with E-state index in [4.69, 9.17) is 0 Å². The van der Waals surface area contributed by atoms with Gasteiger partial charge in [0.25, 0.3) is 0 Å². The molecule has 0 N–H and O–H groups in total. The van der Waals surface area contributed by atoms with Crippen LogP contribution < -0.4 is 4.80 Å². The number of thiazole rings is 2. The first-order chi connectivity index (χ1) is 13.1. The first-order valence-electron chi connectivity index (χ1n) is 9.14. The van der Waals surface area contributed by atoms with Gasteiger partial charge in [0.2, 0.25) is 0 Å². The van der Waals surface area contributed by atoms with Crippen LogP contribution in [0.4, 0.5) is 0 Å². The Morgan fingerprint density at radius 3 is 2.70 bits per heavy atom. The van der Waals surface area contributed by atoms with Crippen molar-refractivity contribution in [3.05, 3.63) is 57.8 Å². The Balaban J connectivity index is 1.82. The molecule has 0 aliphatic rings. The molecule has 4 aromatic rings. The molecule has 0 spiro atoms. The average Bonchev–Trinajstić information content (AvgIpc) is 3.23. The van der Waals surface area contributed by atoms with E-state index in [2.05, 4.69) is 53.5 Å². The summed E-state index contributed by atoms with van der Waals surface area (Å²) in [5, 5.41) is 0.444. The van der Waals surface area contributed by atoms with Gasteiger partial charge in [-0.3, -0.25) is 4.79 Å². The van der Waals surface area contributed by atoms with Crippen LogP contribution in [0, 0.1) is 0 Å². The van der Waals surface area contributed by atoms with Crippen molar-refractivity contribution in [1.82, 2.24) is 9.55 Å². The lowest BCUT2D eigenvalue weighted by Gasteiger charge is -2.06. The van der Waals surface area contributed by atoms with Crippen molar-refractivity contribution in [2.24, 2.45) is 4.99 Å². The number of nitrogens with zero attached hydrogens (tertiary/aromatic N) is 3. The van der Waals surface area contributed by atoms with Gasteiger partial charge < -0.3 is 4.57 Å². The molecule has 0 unspecified atom stereocenters. The van der Waals surface area contributed by atoms with Crippen LogP contribution in [0.5, 0.6) is 0 Å². The van der Waals surface area contributed by atoms with Crippen LogP contribution in [0.1, 0.15) is 48.5 Å². The molecular formula is C21H21N3OS2.